The Kier molecular flexibility index (Phi) is 8.80. The van der Waals surface area contributed by atoms with Gasteiger partial charge in [0.2, 0.25) is 11.8 Å². The summed E-state index contributed by atoms with van der Waals surface area (Å²) in [6, 6.07) is 15.1. The fourth-order valence-corrected chi connectivity index (χ4v) is 3.86. The van der Waals surface area contributed by atoms with Gasteiger partial charge < -0.3 is 10.2 Å². The fourth-order valence-electron chi connectivity index (χ4n) is 2.87. The molecule has 0 fully saturated rings. The Morgan fingerprint density at radius 3 is 2.17 bits per heavy atom. The van der Waals surface area contributed by atoms with Crippen LogP contribution >= 0.6 is 23.4 Å². The molecule has 2 aromatic rings. The molecule has 0 saturated heterocycles. The quantitative estimate of drug-likeness (QED) is 0.605. The van der Waals surface area contributed by atoms with Crippen LogP contribution in [-0.4, -0.2) is 34.0 Å². The van der Waals surface area contributed by atoms with Gasteiger partial charge in [0, 0.05) is 22.9 Å². The first-order valence-electron chi connectivity index (χ1n) is 10.0. The number of rotatable bonds is 8. The van der Waals surface area contributed by atoms with Crippen LogP contribution in [0.5, 0.6) is 0 Å². The molecule has 1 N–H and O–H groups in total. The fraction of sp³-hybridized carbons (Fsp3) is 0.417. The van der Waals surface area contributed by atoms with Crippen molar-refractivity contribution < 1.29 is 9.59 Å². The number of amides is 2. The number of carbonyl (C=O) groups is 2. The van der Waals surface area contributed by atoms with E-state index in [0.717, 1.165) is 11.3 Å². The topological polar surface area (TPSA) is 49.4 Å². The summed E-state index contributed by atoms with van der Waals surface area (Å²) in [5.74, 6) is 0.852. The van der Waals surface area contributed by atoms with Crippen LogP contribution in [0.25, 0.3) is 0 Å². The lowest BCUT2D eigenvalue weighted by atomic mass is 10.1. The molecule has 0 aliphatic rings. The van der Waals surface area contributed by atoms with Crippen molar-refractivity contribution in [3.05, 3.63) is 70.2 Å². The number of benzene rings is 2. The van der Waals surface area contributed by atoms with Crippen LogP contribution in [-0.2, 0) is 21.9 Å². The highest BCUT2D eigenvalue weighted by Gasteiger charge is 2.28. The Morgan fingerprint density at radius 1 is 1.03 bits per heavy atom. The number of hydrogen-bond donors (Lipinski definition) is 1. The van der Waals surface area contributed by atoms with Crippen LogP contribution in [0.1, 0.15) is 44.4 Å². The maximum atomic E-state index is 13.1. The normalized spacial score (nSPS) is 12.3. The zero-order valence-electron chi connectivity index (χ0n) is 18.4. The van der Waals surface area contributed by atoms with E-state index < -0.39 is 6.04 Å². The first-order chi connectivity index (χ1) is 14.0. The van der Waals surface area contributed by atoms with Crippen LogP contribution < -0.4 is 5.32 Å². The number of nitrogens with one attached hydrogen (secondary N) is 1. The molecule has 0 heterocycles. The van der Waals surface area contributed by atoms with Gasteiger partial charge >= 0.3 is 0 Å². The summed E-state index contributed by atoms with van der Waals surface area (Å²) < 4.78 is 0. The molecular formula is C24H31ClN2O2S. The molecule has 0 aliphatic heterocycles. The summed E-state index contributed by atoms with van der Waals surface area (Å²) in [7, 11) is 0. The SMILES string of the molecule is Cc1ccc(CSCC(=O)N(Cc2ccc(Cl)cc2)[C@@H](C)C(=O)NC(C)(C)C)cc1. The lowest BCUT2D eigenvalue weighted by Crippen LogP contribution is -2.52. The molecule has 2 aromatic carbocycles. The number of carbonyl (C=O) groups excluding carboxylic acids is 2. The molecule has 4 nitrogen and oxygen atoms in total. The van der Waals surface area contributed by atoms with Gasteiger partial charge in [-0.25, -0.2) is 0 Å². The summed E-state index contributed by atoms with van der Waals surface area (Å²) in [5, 5.41) is 3.62. The third-order valence-corrected chi connectivity index (χ3v) is 5.79. The average Bonchev–Trinajstić information content (AvgIpc) is 2.67. The number of nitrogens with zero attached hydrogens (tertiary/aromatic N) is 1. The van der Waals surface area contributed by atoms with E-state index in [0.29, 0.717) is 17.3 Å². The van der Waals surface area contributed by atoms with Crippen molar-refractivity contribution in [2.45, 2.75) is 58.5 Å². The second-order valence-electron chi connectivity index (χ2n) is 8.54. The van der Waals surface area contributed by atoms with Crippen molar-refractivity contribution >= 4 is 35.2 Å². The largest absolute Gasteiger partial charge is 0.350 e. The van der Waals surface area contributed by atoms with Gasteiger partial charge in [0.1, 0.15) is 6.04 Å². The highest BCUT2D eigenvalue weighted by molar-refractivity contribution is 7.99. The monoisotopic (exact) mass is 446 g/mol. The van der Waals surface area contributed by atoms with Gasteiger partial charge in [-0.05, 0) is 57.9 Å². The molecule has 0 bridgehead atoms. The molecular weight excluding hydrogens is 416 g/mol. The molecule has 0 saturated carbocycles. The van der Waals surface area contributed by atoms with Crippen LogP contribution in [0.4, 0.5) is 0 Å². The molecule has 6 heteroatoms. The van der Waals surface area contributed by atoms with Gasteiger partial charge in [-0.1, -0.05) is 53.6 Å². The third kappa shape index (κ3) is 8.04. The van der Waals surface area contributed by atoms with Gasteiger partial charge in [-0.15, -0.1) is 11.8 Å². The van der Waals surface area contributed by atoms with Gasteiger partial charge in [0.05, 0.1) is 5.75 Å². The second-order valence-corrected chi connectivity index (χ2v) is 9.96. The molecule has 0 aliphatic carbocycles. The van der Waals surface area contributed by atoms with E-state index >= 15 is 0 Å². The molecule has 1 atom stereocenters. The Balaban J connectivity index is 2.08. The molecule has 0 unspecified atom stereocenters. The zero-order valence-corrected chi connectivity index (χ0v) is 19.9. The predicted octanol–water partition coefficient (Wildman–Crippen LogP) is 5.21. The van der Waals surface area contributed by atoms with Crippen LogP contribution in [0, 0.1) is 6.92 Å². The summed E-state index contributed by atoms with van der Waals surface area (Å²) >= 11 is 7.54. The molecule has 30 heavy (non-hydrogen) atoms. The van der Waals surface area contributed by atoms with E-state index in [2.05, 4.69) is 36.5 Å². The van der Waals surface area contributed by atoms with Gasteiger partial charge in [-0.3, -0.25) is 9.59 Å². The maximum absolute atomic E-state index is 13.1. The number of thioether (sulfide) groups is 1. The lowest BCUT2D eigenvalue weighted by Gasteiger charge is -2.31. The molecule has 0 radical (unpaired) electrons. The Labute approximate surface area is 189 Å². The van der Waals surface area contributed by atoms with E-state index in [1.807, 2.05) is 32.9 Å². The highest BCUT2D eigenvalue weighted by Crippen LogP contribution is 2.18. The number of hydrogen-bond acceptors (Lipinski definition) is 3. The van der Waals surface area contributed by atoms with Gasteiger partial charge in [0.15, 0.2) is 0 Å². The van der Waals surface area contributed by atoms with Gasteiger partial charge in [0.25, 0.3) is 0 Å². The molecule has 0 aromatic heterocycles. The first kappa shape index (κ1) is 24.3. The molecule has 0 spiro atoms. The predicted molar refractivity (Wildman–Crippen MR) is 127 cm³/mol. The first-order valence-corrected chi connectivity index (χ1v) is 11.6. The average molecular weight is 447 g/mol. The number of aryl methyl sites for hydroxylation is 1. The second kappa shape index (κ2) is 10.9. The van der Waals surface area contributed by atoms with Crippen LogP contribution in [0.3, 0.4) is 0 Å². The Morgan fingerprint density at radius 2 is 1.60 bits per heavy atom. The van der Waals surface area contributed by atoms with Crippen molar-refractivity contribution in [3.63, 3.8) is 0 Å². The van der Waals surface area contributed by atoms with E-state index in [4.69, 9.17) is 11.6 Å². The van der Waals surface area contributed by atoms with E-state index in [9.17, 15) is 9.59 Å². The Hall–Kier alpha value is -1.98. The summed E-state index contributed by atoms with van der Waals surface area (Å²) in [6.45, 7) is 9.99. The van der Waals surface area contributed by atoms with E-state index in [1.165, 1.54) is 11.1 Å². The van der Waals surface area contributed by atoms with Crippen molar-refractivity contribution in [2.24, 2.45) is 0 Å². The molecule has 2 rings (SSSR count). The summed E-state index contributed by atoms with van der Waals surface area (Å²) in [4.78, 5) is 27.5. The Bertz CT molecular complexity index is 845. The standard InChI is InChI=1S/C24H31ClN2O2S/c1-17-6-8-20(9-7-17)15-30-16-22(28)27(14-19-10-12-21(25)13-11-19)18(2)23(29)26-24(3,4)5/h6-13,18H,14-16H2,1-5H3,(H,26,29)/t18-/m0/s1. The number of halogens is 1. The minimum absolute atomic E-state index is 0.0568. The van der Waals surface area contributed by atoms with E-state index in [-0.39, 0.29) is 17.4 Å². The zero-order chi connectivity index (χ0) is 22.3. The molecule has 2 amide bonds. The lowest BCUT2D eigenvalue weighted by molar-refractivity contribution is -0.139. The van der Waals surface area contributed by atoms with Crippen LogP contribution in [0.2, 0.25) is 5.02 Å². The van der Waals surface area contributed by atoms with Gasteiger partial charge in [-0.2, -0.15) is 0 Å². The minimum Gasteiger partial charge on any atom is -0.350 e. The van der Waals surface area contributed by atoms with Crippen molar-refractivity contribution in [1.82, 2.24) is 10.2 Å². The highest BCUT2D eigenvalue weighted by atomic mass is 35.5. The van der Waals surface area contributed by atoms with Crippen molar-refractivity contribution in [1.29, 1.82) is 0 Å². The summed E-state index contributed by atoms with van der Waals surface area (Å²) in [6.07, 6.45) is 0. The third-order valence-electron chi connectivity index (χ3n) is 4.55. The van der Waals surface area contributed by atoms with Crippen molar-refractivity contribution in [2.75, 3.05) is 5.75 Å². The minimum atomic E-state index is -0.577. The summed E-state index contributed by atoms with van der Waals surface area (Å²) in [5.41, 5.74) is 2.97. The maximum Gasteiger partial charge on any atom is 0.242 e. The van der Waals surface area contributed by atoms with E-state index in [1.54, 1.807) is 35.7 Å². The van der Waals surface area contributed by atoms with Crippen LogP contribution in [0.15, 0.2) is 48.5 Å². The molecule has 162 valence electrons. The smallest absolute Gasteiger partial charge is 0.242 e. The van der Waals surface area contributed by atoms with Crippen molar-refractivity contribution in [3.8, 4) is 0 Å².